The highest BCUT2D eigenvalue weighted by Crippen LogP contribution is 2.38. The van der Waals surface area contributed by atoms with Gasteiger partial charge >= 0.3 is 12.0 Å². The molecule has 0 saturated heterocycles. The predicted molar refractivity (Wildman–Crippen MR) is 78.1 cm³/mol. The number of hydrogen-bond acceptors (Lipinski definition) is 3. The van der Waals surface area contributed by atoms with E-state index < -0.39 is 11.4 Å². The first-order chi connectivity index (χ1) is 9.41. The van der Waals surface area contributed by atoms with Crippen LogP contribution in [-0.2, 0) is 11.3 Å². The number of carbonyl (C=O) groups excluding carboxylic acids is 1. The molecule has 0 radical (unpaired) electrons. The second kappa shape index (κ2) is 6.01. The molecule has 110 valence electrons. The van der Waals surface area contributed by atoms with E-state index in [0.29, 0.717) is 23.7 Å². The van der Waals surface area contributed by atoms with Crippen LogP contribution in [0, 0.1) is 5.41 Å². The molecule has 2 amide bonds. The number of carboxylic acids is 1. The lowest BCUT2D eigenvalue weighted by molar-refractivity contribution is -0.148. The molecule has 2 unspecified atom stereocenters. The summed E-state index contributed by atoms with van der Waals surface area (Å²) in [6.45, 7) is 2.08. The number of rotatable bonds is 4. The standard InChI is InChI=1S/C13H17ClN2O3S/c1-13(11(17)18)6-2-3-9(13)16-12(19)15-7-8-4-5-10(14)20-8/h4-5,9H,2-3,6-7H2,1H3,(H,17,18)(H2,15,16,19). The third-order valence-corrected chi connectivity index (χ3v) is 5.04. The van der Waals surface area contributed by atoms with Gasteiger partial charge in [0.25, 0.3) is 0 Å². The summed E-state index contributed by atoms with van der Waals surface area (Å²) >= 11 is 7.22. The Labute approximate surface area is 126 Å². The topological polar surface area (TPSA) is 78.4 Å². The maximum Gasteiger partial charge on any atom is 0.315 e. The molecular formula is C13H17ClN2O3S. The molecule has 5 nitrogen and oxygen atoms in total. The molecule has 1 aliphatic rings. The highest BCUT2D eigenvalue weighted by atomic mass is 35.5. The van der Waals surface area contributed by atoms with Gasteiger partial charge in [0.1, 0.15) is 0 Å². The van der Waals surface area contributed by atoms with Crippen LogP contribution in [0.3, 0.4) is 0 Å². The monoisotopic (exact) mass is 316 g/mol. The summed E-state index contributed by atoms with van der Waals surface area (Å²) in [5.74, 6) is -0.856. The first-order valence-electron chi connectivity index (χ1n) is 6.44. The molecular weight excluding hydrogens is 300 g/mol. The Morgan fingerprint density at radius 2 is 2.30 bits per heavy atom. The van der Waals surface area contributed by atoms with Crippen LogP contribution >= 0.6 is 22.9 Å². The minimum Gasteiger partial charge on any atom is -0.481 e. The molecule has 1 aliphatic carbocycles. The van der Waals surface area contributed by atoms with Crippen molar-refractivity contribution in [3.8, 4) is 0 Å². The lowest BCUT2D eigenvalue weighted by Gasteiger charge is -2.27. The zero-order chi connectivity index (χ0) is 14.8. The van der Waals surface area contributed by atoms with Gasteiger partial charge in [-0.05, 0) is 31.9 Å². The normalized spacial score (nSPS) is 25.4. The Bertz CT molecular complexity index is 519. The minimum atomic E-state index is -0.871. The van der Waals surface area contributed by atoms with Gasteiger partial charge in [-0.2, -0.15) is 0 Å². The summed E-state index contributed by atoms with van der Waals surface area (Å²) in [6.07, 6.45) is 2.10. The van der Waals surface area contributed by atoms with Crippen LogP contribution in [-0.4, -0.2) is 23.1 Å². The molecule has 1 fully saturated rings. The van der Waals surface area contributed by atoms with Crippen molar-refractivity contribution in [2.24, 2.45) is 5.41 Å². The van der Waals surface area contributed by atoms with Gasteiger partial charge in [-0.25, -0.2) is 4.79 Å². The molecule has 0 aromatic carbocycles. The van der Waals surface area contributed by atoms with E-state index in [1.54, 1.807) is 13.0 Å². The van der Waals surface area contributed by atoms with Gasteiger partial charge in [0.2, 0.25) is 0 Å². The van der Waals surface area contributed by atoms with Crippen molar-refractivity contribution < 1.29 is 14.7 Å². The van der Waals surface area contributed by atoms with Gasteiger partial charge < -0.3 is 15.7 Å². The van der Waals surface area contributed by atoms with E-state index in [1.807, 2.05) is 6.07 Å². The average Bonchev–Trinajstić information content (AvgIpc) is 2.95. The van der Waals surface area contributed by atoms with Crippen LogP contribution in [0.2, 0.25) is 4.34 Å². The van der Waals surface area contributed by atoms with E-state index in [9.17, 15) is 14.7 Å². The highest BCUT2D eigenvalue weighted by molar-refractivity contribution is 7.16. The van der Waals surface area contributed by atoms with Crippen LogP contribution in [0.25, 0.3) is 0 Å². The van der Waals surface area contributed by atoms with Crippen LogP contribution in [0.15, 0.2) is 12.1 Å². The number of carboxylic acid groups (broad SMARTS) is 1. The Morgan fingerprint density at radius 3 is 2.90 bits per heavy atom. The lowest BCUT2D eigenvalue weighted by atomic mass is 9.85. The summed E-state index contributed by atoms with van der Waals surface area (Å²) in [6, 6.07) is 2.96. The van der Waals surface area contributed by atoms with Crippen LogP contribution in [0.5, 0.6) is 0 Å². The predicted octanol–water partition coefficient (Wildman–Crippen LogP) is 2.84. The molecule has 1 aromatic heterocycles. The van der Waals surface area contributed by atoms with Crippen molar-refractivity contribution in [3.63, 3.8) is 0 Å². The number of carbonyl (C=O) groups is 2. The van der Waals surface area contributed by atoms with Crippen molar-refractivity contribution in [2.75, 3.05) is 0 Å². The van der Waals surface area contributed by atoms with Gasteiger partial charge in [-0.3, -0.25) is 4.79 Å². The van der Waals surface area contributed by atoms with Crippen molar-refractivity contribution in [2.45, 2.75) is 38.8 Å². The van der Waals surface area contributed by atoms with Crippen LogP contribution in [0.4, 0.5) is 4.79 Å². The first kappa shape index (κ1) is 15.1. The quantitative estimate of drug-likeness (QED) is 0.799. The second-order valence-corrected chi connectivity index (χ2v) is 7.00. The van der Waals surface area contributed by atoms with Crippen LogP contribution < -0.4 is 10.6 Å². The summed E-state index contributed by atoms with van der Waals surface area (Å²) < 4.78 is 0.677. The molecule has 3 N–H and O–H groups in total. The van der Waals surface area contributed by atoms with Gasteiger partial charge in [0.15, 0.2) is 0 Å². The van der Waals surface area contributed by atoms with E-state index >= 15 is 0 Å². The van der Waals surface area contributed by atoms with E-state index in [-0.39, 0.29) is 12.1 Å². The largest absolute Gasteiger partial charge is 0.481 e. The zero-order valence-electron chi connectivity index (χ0n) is 11.1. The van der Waals surface area contributed by atoms with Crippen molar-refractivity contribution in [1.82, 2.24) is 10.6 Å². The van der Waals surface area contributed by atoms with Crippen LogP contribution in [0.1, 0.15) is 31.1 Å². The number of aliphatic carboxylic acids is 1. The van der Waals surface area contributed by atoms with E-state index in [2.05, 4.69) is 10.6 Å². The summed E-state index contributed by atoms with van der Waals surface area (Å²) in [4.78, 5) is 24.1. The van der Waals surface area contributed by atoms with Gasteiger partial charge in [0, 0.05) is 10.9 Å². The highest BCUT2D eigenvalue weighted by Gasteiger charge is 2.45. The van der Waals surface area contributed by atoms with Gasteiger partial charge in [-0.15, -0.1) is 11.3 Å². The number of thiophene rings is 1. The smallest absolute Gasteiger partial charge is 0.315 e. The summed E-state index contributed by atoms with van der Waals surface area (Å²) in [7, 11) is 0. The number of nitrogens with one attached hydrogen (secondary N) is 2. The average molecular weight is 317 g/mol. The Balaban J connectivity index is 1.86. The molecule has 20 heavy (non-hydrogen) atoms. The third kappa shape index (κ3) is 3.24. The molecule has 1 saturated carbocycles. The van der Waals surface area contributed by atoms with Gasteiger partial charge in [0.05, 0.1) is 16.3 Å². The molecule has 0 spiro atoms. The molecule has 0 aliphatic heterocycles. The third-order valence-electron chi connectivity index (χ3n) is 3.80. The fourth-order valence-corrected chi connectivity index (χ4v) is 3.50. The molecule has 1 heterocycles. The molecule has 2 rings (SSSR count). The molecule has 7 heteroatoms. The fraction of sp³-hybridized carbons (Fsp3) is 0.538. The number of halogens is 1. The van der Waals surface area contributed by atoms with Crippen molar-refractivity contribution in [3.05, 3.63) is 21.3 Å². The van der Waals surface area contributed by atoms with Crippen molar-refractivity contribution in [1.29, 1.82) is 0 Å². The van der Waals surface area contributed by atoms with E-state index in [0.717, 1.165) is 11.3 Å². The number of hydrogen-bond donors (Lipinski definition) is 3. The zero-order valence-corrected chi connectivity index (χ0v) is 12.7. The lowest BCUT2D eigenvalue weighted by Crippen LogP contribution is -2.50. The molecule has 0 bridgehead atoms. The maximum atomic E-state index is 11.8. The van der Waals surface area contributed by atoms with Gasteiger partial charge in [-0.1, -0.05) is 18.0 Å². The summed E-state index contributed by atoms with van der Waals surface area (Å²) in [5.41, 5.74) is -0.871. The van der Waals surface area contributed by atoms with E-state index in [4.69, 9.17) is 11.6 Å². The summed E-state index contributed by atoms with van der Waals surface area (Å²) in [5, 5.41) is 14.8. The minimum absolute atomic E-state index is 0.327. The maximum absolute atomic E-state index is 11.8. The second-order valence-electron chi connectivity index (χ2n) is 5.20. The Morgan fingerprint density at radius 1 is 1.55 bits per heavy atom. The molecule has 2 atom stereocenters. The first-order valence-corrected chi connectivity index (χ1v) is 7.63. The fourth-order valence-electron chi connectivity index (χ4n) is 2.48. The molecule has 1 aromatic rings. The number of amides is 2. The Kier molecular flexibility index (Phi) is 4.55. The Hall–Kier alpha value is -1.27. The SMILES string of the molecule is CC1(C(=O)O)CCCC1NC(=O)NCc1ccc(Cl)s1. The van der Waals surface area contributed by atoms with Crippen molar-refractivity contribution >= 4 is 34.9 Å². The number of urea groups is 1. The van der Waals surface area contributed by atoms with E-state index in [1.165, 1.54) is 11.3 Å².